The monoisotopic (exact) mass is 143 g/mol. The maximum absolute atomic E-state index is 2.44. The molecule has 0 heterocycles. The topological polar surface area (TPSA) is 3.24 Å². The van der Waals surface area contributed by atoms with Crippen molar-refractivity contribution in [3.8, 4) is 0 Å². The van der Waals surface area contributed by atoms with Crippen LogP contribution in [0.3, 0.4) is 0 Å². The Morgan fingerprint density at radius 3 is 2.40 bits per heavy atom. The third-order valence-electron chi connectivity index (χ3n) is 1.87. The molecule has 0 aliphatic heterocycles. The zero-order chi connectivity index (χ0) is 6.69. The average Bonchev–Trinajstić information content (AvgIpc) is 2.50. The van der Waals surface area contributed by atoms with Crippen LogP contribution in [0.1, 0.15) is 33.6 Å². The molecule has 0 spiro atoms. The van der Waals surface area contributed by atoms with Gasteiger partial charge in [-0.2, -0.15) is 0 Å². The predicted octanol–water partition coefficient (Wildman–Crippen LogP) is 2.37. The van der Waals surface area contributed by atoms with Crippen LogP contribution < -0.4 is 0 Å². The van der Waals surface area contributed by atoms with E-state index in [1.54, 1.807) is 0 Å². The molecule has 0 N–H and O–H groups in total. The van der Waals surface area contributed by atoms with Gasteiger partial charge < -0.3 is 4.90 Å². The minimum Gasteiger partial charge on any atom is -0.306 e. The van der Waals surface area contributed by atoms with Crippen LogP contribution in [0.25, 0.3) is 0 Å². The standard InChI is InChI=1S/C8H17N.CH4/c1-3-6-9(2)7-8-4-5-8;/h8H,3-7H2,1-2H3;1H4. The maximum atomic E-state index is 2.44. The van der Waals surface area contributed by atoms with Crippen molar-refractivity contribution < 1.29 is 0 Å². The highest BCUT2D eigenvalue weighted by Crippen LogP contribution is 2.29. The van der Waals surface area contributed by atoms with E-state index in [9.17, 15) is 0 Å². The highest BCUT2D eigenvalue weighted by molar-refractivity contribution is 4.75. The normalized spacial score (nSPS) is 17.1. The van der Waals surface area contributed by atoms with E-state index >= 15 is 0 Å². The van der Waals surface area contributed by atoms with Gasteiger partial charge in [0.2, 0.25) is 0 Å². The molecule has 0 radical (unpaired) electrons. The Morgan fingerprint density at radius 1 is 1.40 bits per heavy atom. The summed E-state index contributed by atoms with van der Waals surface area (Å²) in [5.41, 5.74) is 0. The fraction of sp³-hybridized carbons (Fsp3) is 1.00. The zero-order valence-corrected chi connectivity index (χ0v) is 6.56. The summed E-state index contributed by atoms with van der Waals surface area (Å²) in [5.74, 6) is 1.06. The van der Waals surface area contributed by atoms with Crippen LogP contribution in [0, 0.1) is 5.92 Å². The summed E-state index contributed by atoms with van der Waals surface area (Å²) >= 11 is 0. The first-order chi connectivity index (χ1) is 4.33. The van der Waals surface area contributed by atoms with Crippen LogP contribution in [0.5, 0.6) is 0 Å². The van der Waals surface area contributed by atoms with Gasteiger partial charge in [-0.25, -0.2) is 0 Å². The Bertz CT molecular complexity index is 76.8. The number of hydrogen-bond donors (Lipinski definition) is 0. The molecule has 1 fully saturated rings. The second-order valence-electron chi connectivity index (χ2n) is 3.21. The summed E-state index contributed by atoms with van der Waals surface area (Å²) < 4.78 is 0. The van der Waals surface area contributed by atoms with Crippen molar-refractivity contribution in [2.24, 2.45) is 5.92 Å². The molecule has 1 aliphatic carbocycles. The Hall–Kier alpha value is -0.0400. The fourth-order valence-corrected chi connectivity index (χ4v) is 1.21. The van der Waals surface area contributed by atoms with E-state index in [4.69, 9.17) is 0 Å². The van der Waals surface area contributed by atoms with Crippen LogP contribution in [-0.2, 0) is 0 Å². The largest absolute Gasteiger partial charge is 0.306 e. The van der Waals surface area contributed by atoms with Gasteiger partial charge in [0, 0.05) is 6.54 Å². The minimum absolute atomic E-state index is 0. The highest BCUT2D eigenvalue weighted by atomic mass is 15.1. The third kappa shape index (κ3) is 3.89. The first-order valence-corrected chi connectivity index (χ1v) is 4.01. The van der Waals surface area contributed by atoms with Gasteiger partial charge in [0.25, 0.3) is 0 Å². The van der Waals surface area contributed by atoms with E-state index in [-0.39, 0.29) is 7.43 Å². The molecule has 0 amide bonds. The summed E-state index contributed by atoms with van der Waals surface area (Å²) in [5, 5.41) is 0. The molecular formula is C9H21N. The molecule has 0 saturated heterocycles. The highest BCUT2D eigenvalue weighted by Gasteiger charge is 2.21. The first kappa shape index (κ1) is 9.96. The van der Waals surface area contributed by atoms with E-state index in [0.717, 1.165) is 5.92 Å². The summed E-state index contributed by atoms with van der Waals surface area (Å²) in [7, 11) is 2.22. The first-order valence-electron chi connectivity index (χ1n) is 4.01. The summed E-state index contributed by atoms with van der Waals surface area (Å²) in [6, 6.07) is 0. The summed E-state index contributed by atoms with van der Waals surface area (Å²) in [6.45, 7) is 4.85. The molecule has 0 aromatic heterocycles. The fourth-order valence-electron chi connectivity index (χ4n) is 1.21. The molecule has 0 unspecified atom stereocenters. The molecule has 0 atom stereocenters. The van der Waals surface area contributed by atoms with Gasteiger partial charge >= 0.3 is 0 Å². The Labute approximate surface area is 65.4 Å². The molecule has 0 aromatic carbocycles. The van der Waals surface area contributed by atoms with Crippen molar-refractivity contribution in [1.82, 2.24) is 4.90 Å². The van der Waals surface area contributed by atoms with Crippen molar-refractivity contribution in [3.63, 3.8) is 0 Å². The van der Waals surface area contributed by atoms with Gasteiger partial charge in [-0.1, -0.05) is 14.4 Å². The lowest BCUT2D eigenvalue weighted by Gasteiger charge is -2.13. The lowest BCUT2D eigenvalue weighted by Crippen LogP contribution is -2.21. The number of hydrogen-bond acceptors (Lipinski definition) is 1. The van der Waals surface area contributed by atoms with Gasteiger partial charge in [0.05, 0.1) is 0 Å². The number of nitrogens with zero attached hydrogens (tertiary/aromatic N) is 1. The maximum Gasteiger partial charge on any atom is 0.000661 e. The van der Waals surface area contributed by atoms with Gasteiger partial charge in [0.15, 0.2) is 0 Å². The van der Waals surface area contributed by atoms with Crippen LogP contribution >= 0.6 is 0 Å². The van der Waals surface area contributed by atoms with Crippen LogP contribution in [0.4, 0.5) is 0 Å². The van der Waals surface area contributed by atoms with Gasteiger partial charge in [-0.05, 0) is 38.8 Å². The second-order valence-corrected chi connectivity index (χ2v) is 3.21. The zero-order valence-electron chi connectivity index (χ0n) is 6.56. The molecule has 1 heteroatoms. The molecule has 0 bridgehead atoms. The van der Waals surface area contributed by atoms with E-state index in [1.165, 1.54) is 32.4 Å². The Morgan fingerprint density at radius 2 is 2.00 bits per heavy atom. The molecule has 10 heavy (non-hydrogen) atoms. The SMILES string of the molecule is C.CCCN(C)CC1CC1. The Kier molecular flexibility index (Phi) is 4.71. The molecular weight excluding hydrogens is 122 g/mol. The van der Waals surface area contributed by atoms with Crippen molar-refractivity contribution in [2.45, 2.75) is 33.6 Å². The van der Waals surface area contributed by atoms with Crippen molar-refractivity contribution >= 4 is 0 Å². The van der Waals surface area contributed by atoms with Crippen molar-refractivity contribution in [1.29, 1.82) is 0 Å². The van der Waals surface area contributed by atoms with E-state index in [0.29, 0.717) is 0 Å². The molecule has 1 nitrogen and oxygen atoms in total. The average molecular weight is 143 g/mol. The summed E-state index contributed by atoms with van der Waals surface area (Å²) in [6.07, 6.45) is 4.26. The van der Waals surface area contributed by atoms with Gasteiger partial charge in [-0.15, -0.1) is 0 Å². The van der Waals surface area contributed by atoms with Crippen molar-refractivity contribution in [3.05, 3.63) is 0 Å². The molecule has 1 saturated carbocycles. The van der Waals surface area contributed by atoms with Gasteiger partial charge in [0.1, 0.15) is 0 Å². The molecule has 0 aromatic rings. The van der Waals surface area contributed by atoms with Gasteiger partial charge in [-0.3, -0.25) is 0 Å². The van der Waals surface area contributed by atoms with Crippen LogP contribution in [-0.4, -0.2) is 25.0 Å². The third-order valence-corrected chi connectivity index (χ3v) is 1.87. The molecule has 1 aliphatic rings. The lowest BCUT2D eigenvalue weighted by atomic mass is 10.3. The molecule has 1 rings (SSSR count). The van der Waals surface area contributed by atoms with E-state index in [1.807, 2.05) is 0 Å². The van der Waals surface area contributed by atoms with Crippen molar-refractivity contribution in [2.75, 3.05) is 20.1 Å². The molecule has 62 valence electrons. The smallest absolute Gasteiger partial charge is 0.000661 e. The quantitative estimate of drug-likeness (QED) is 0.584. The lowest BCUT2D eigenvalue weighted by molar-refractivity contribution is 0.321. The predicted molar refractivity (Wildman–Crippen MR) is 47.2 cm³/mol. The summed E-state index contributed by atoms with van der Waals surface area (Å²) in [4.78, 5) is 2.44. The number of rotatable bonds is 4. The van der Waals surface area contributed by atoms with E-state index < -0.39 is 0 Å². The van der Waals surface area contributed by atoms with Crippen LogP contribution in [0.15, 0.2) is 0 Å². The van der Waals surface area contributed by atoms with E-state index in [2.05, 4.69) is 18.9 Å². The second kappa shape index (κ2) is 4.73. The Balaban J connectivity index is 0.000000810. The van der Waals surface area contributed by atoms with Crippen LogP contribution in [0.2, 0.25) is 0 Å². The minimum atomic E-state index is 0.